The summed E-state index contributed by atoms with van der Waals surface area (Å²) in [5, 5.41) is 1.39. The van der Waals surface area contributed by atoms with Crippen LogP contribution in [0.3, 0.4) is 0 Å². The molecule has 0 aliphatic carbocycles. The summed E-state index contributed by atoms with van der Waals surface area (Å²) < 4.78 is 0. The summed E-state index contributed by atoms with van der Waals surface area (Å²) in [4.78, 5) is 6.20. The SMILES string of the molecule is Cc1[nH]c2ccccc2c1C1CCCN1Cc1ccccc1. The summed E-state index contributed by atoms with van der Waals surface area (Å²) in [6.07, 6.45) is 2.55. The van der Waals surface area contributed by atoms with Gasteiger partial charge in [-0.25, -0.2) is 0 Å². The molecule has 0 radical (unpaired) electrons. The highest BCUT2D eigenvalue weighted by Crippen LogP contribution is 2.38. The van der Waals surface area contributed by atoms with Crippen molar-refractivity contribution in [2.24, 2.45) is 0 Å². The van der Waals surface area contributed by atoms with Crippen molar-refractivity contribution in [3.05, 3.63) is 71.4 Å². The van der Waals surface area contributed by atoms with E-state index in [2.05, 4.69) is 71.4 Å². The predicted molar refractivity (Wildman–Crippen MR) is 91.9 cm³/mol. The number of para-hydroxylation sites is 1. The van der Waals surface area contributed by atoms with Crippen LogP contribution in [0.4, 0.5) is 0 Å². The second-order valence-corrected chi connectivity index (χ2v) is 6.32. The van der Waals surface area contributed by atoms with E-state index >= 15 is 0 Å². The highest BCUT2D eigenvalue weighted by Gasteiger charge is 2.29. The number of aromatic amines is 1. The van der Waals surface area contributed by atoms with Gasteiger partial charge in [0.2, 0.25) is 0 Å². The molecule has 1 saturated heterocycles. The molecule has 1 unspecified atom stereocenters. The van der Waals surface area contributed by atoms with E-state index in [1.807, 2.05) is 0 Å². The van der Waals surface area contributed by atoms with Crippen molar-refractivity contribution in [2.45, 2.75) is 32.4 Å². The Morgan fingerprint density at radius 2 is 1.82 bits per heavy atom. The summed E-state index contributed by atoms with van der Waals surface area (Å²) in [5.74, 6) is 0. The van der Waals surface area contributed by atoms with Crippen LogP contribution in [0, 0.1) is 6.92 Å². The molecule has 1 aliphatic heterocycles. The van der Waals surface area contributed by atoms with Gasteiger partial charge in [-0.3, -0.25) is 4.90 Å². The molecule has 4 rings (SSSR count). The zero-order valence-electron chi connectivity index (χ0n) is 13.0. The molecule has 0 bridgehead atoms. The van der Waals surface area contributed by atoms with Gasteiger partial charge in [-0.05, 0) is 43.5 Å². The first kappa shape index (κ1) is 13.6. The topological polar surface area (TPSA) is 19.0 Å². The minimum Gasteiger partial charge on any atom is -0.358 e. The van der Waals surface area contributed by atoms with E-state index in [1.165, 1.54) is 47.1 Å². The summed E-state index contributed by atoms with van der Waals surface area (Å²) >= 11 is 0. The normalized spacial score (nSPS) is 19.0. The van der Waals surface area contributed by atoms with Gasteiger partial charge in [0.25, 0.3) is 0 Å². The number of H-pyrrole nitrogens is 1. The van der Waals surface area contributed by atoms with Crippen LogP contribution in [-0.4, -0.2) is 16.4 Å². The quantitative estimate of drug-likeness (QED) is 0.733. The van der Waals surface area contributed by atoms with Crippen LogP contribution in [0.1, 0.15) is 35.7 Å². The third-order valence-corrected chi connectivity index (χ3v) is 4.87. The van der Waals surface area contributed by atoms with Gasteiger partial charge < -0.3 is 4.98 Å². The minimum atomic E-state index is 0.538. The Kier molecular flexibility index (Phi) is 3.47. The monoisotopic (exact) mass is 290 g/mol. The maximum absolute atomic E-state index is 3.56. The van der Waals surface area contributed by atoms with Crippen molar-refractivity contribution in [1.82, 2.24) is 9.88 Å². The lowest BCUT2D eigenvalue weighted by Gasteiger charge is -2.25. The Morgan fingerprint density at radius 1 is 1.05 bits per heavy atom. The third-order valence-electron chi connectivity index (χ3n) is 4.87. The molecule has 2 heteroatoms. The number of rotatable bonds is 3. The van der Waals surface area contributed by atoms with Crippen molar-refractivity contribution >= 4 is 10.9 Å². The Balaban J connectivity index is 1.69. The van der Waals surface area contributed by atoms with Crippen molar-refractivity contribution in [1.29, 1.82) is 0 Å². The van der Waals surface area contributed by atoms with E-state index in [-0.39, 0.29) is 0 Å². The van der Waals surface area contributed by atoms with Crippen LogP contribution in [0.5, 0.6) is 0 Å². The number of nitrogens with zero attached hydrogens (tertiary/aromatic N) is 1. The lowest BCUT2D eigenvalue weighted by atomic mass is 10.0. The maximum atomic E-state index is 3.56. The lowest BCUT2D eigenvalue weighted by Crippen LogP contribution is -2.23. The Labute approximate surface area is 131 Å². The first-order valence-corrected chi connectivity index (χ1v) is 8.18. The molecule has 1 aliphatic rings. The van der Waals surface area contributed by atoms with Gasteiger partial charge in [-0.1, -0.05) is 48.5 Å². The molecule has 2 heterocycles. The Bertz CT molecular complexity index is 773. The van der Waals surface area contributed by atoms with E-state index in [0.717, 1.165) is 6.54 Å². The molecule has 112 valence electrons. The Morgan fingerprint density at radius 3 is 2.68 bits per heavy atom. The fraction of sp³-hybridized carbons (Fsp3) is 0.300. The van der Waals surface area contributed by atoms with Crippen LogP contribution in [0.15, 0.2) is 54.6 Å². The first-order valence-electron chi connectivity index (χ1n) is 8.18. The van der Waals surface area contributed by atoms with Gasteiger partial charge in [0.05, 0.1) is 0 Å². The molecular formula is C20H22N2. The molecule has 1 N–H and O–H groups in total. The second kappa shape index (κ2) is 5.62. The summed E-state index contributed by atoms with van der Waals surface area (Å²) in [7, 11) is 0. The van der Waals surface area contributed by atoms with Crippen LogP contribution in [0.2, 0.25) is 0 Å². The van der Waals surface area contributed by atoms with E-state index in [9.17, 15) is 0 Å². The van der Waals surface area contributed by atoms with Crippen molar-refractivity contribution in [2.75, 3.05) is 6.54 Å². The van der Waals surface area contributed by atoms with Gasteiger partial charge in [-0.15, -0.1) is 0 Å². The number of nitrogens with one attached hydrogen (secondary N) is 1. The number of aromatic nitrogens is 1. The summed E-state index contributed by atoms with van der Waals surface area (Å²) in [6.45, 7) is 4.46. The van der Waals surface area contributed by atoms with E-state index in [4.69, 9.17) is 0 Å². The van der Waals surface area contributed by atoms with Crippen LogP contribution < -0.4 is 0 Å². The molecule has 2 aromatic carbocycles. The maximum Gasteiger partial charge on any atom is 0.0459 e. The summed E-state index contributed by atoms with van der Waals surface area (Å²) in [6, 6.07) is 20.1. The van der Waals surface area contributed by atoms with Gasteiger partial charge in [0.15, 0.2) is 0 Å². The zero-order chi connectivity index (χ0) is 14.9. The van der Waals surface area contributed by atoms with Crippen LogP contribution >= 0.6 is 0 Å². The largest absolute Gasteiger partial charge is 0.358 e. The average Bonchev–Trinajstić information content (AvgIpc) is 3.11. The number of fused-ring (bicyclic) bond motifs is 1. The number of aryl methyl sites for hydroxylation is 1. The second-order valence-electron chi connectivity index (χ2n) is 6.32. The highest BCUT2D eigenvalue weighted by molar-refractivity contribution is 5.85. The predicted octanol–water partition coefficient (Wildman–Crippen LogP) is 4.81. The molecule has 3 aromatic rings. The fourth-order valence-electron chi connectivity index (χ4n) is 3.89. The molecule has 22 heavy (non-hydrogen) atoms. The standard InChI is InChI=1S/C20H22N2/c1-15-20(17-10-5-6-11-18(17)21-15)19-12-7-13-22(19)14-16-8-3-2-4-9-16/h2-6,8-11,19,21H,7,12-14H2,1H3. The number of hydrogen-bond acceptors (Lipinski definition) is 1. The van der Waals surface area contributed by atoms with E-state index < -0.39 is 0 Å². The molecule has 1 fully saturated rings. The number of likely N-dealkylation sites (tertiary alicyclic amines) is 1. The van der Waals surface area contributed by atoms with Crippen molar-refractivity contribution in [3.63, 3.8) is 0 Å². The van der Waals surface area contributed by atoms with Crippen LogP contribution in [0.25, 0.3) is 10.9 Å². The van der Waals surface area contributed by atoms with Gasteiger partial charge in [-0.2, -0.15) is 0 Å². The van der Waals surface area contributed by atoms with Gasteiger partial charge >= 0.3 is 0 Å². The number of benzene rings is 2. The molecule has 2 nitrogen and oxygen atoms in total. The first-order chi connectivity index (χ1) is 10.8. The molecule has 0 amide bonds. The highest BCUT2D eigenvalue weighted by atomic mass is 15.2. The van der Waals surface area contributed by atoms with Crippen molar-refractivity contribution < 1.29 is 0 Å². The van der Waals surface area contributed by atoms with Crippen LogP contribution in [-0.2, 0) is 6.54 Å². The minimum absolute atomic E-state index is 0.538. The summed E-state index contributed by atoms with van der Waals surface area (Å²) in [5.41, 5.74) is 5.50. The Hall–Kier alpha value is -2.06. The zero-order valence-corrected chi connectivity index (χ0v) is 13.0. The molecule has 0 saturated carbocycles. The fourth-order valence-corrected chi connectivity index (χ4v) is 3.89. The van der Waals surface area contributed by atoms with Crippen molar-refractivity contribution in [3.8, 4) is 0 Å². The molecule has 1 atom stereocenters. The molecule has 0 spiro atoms. The van der Waals surface area contributed by atoms with Gasteiger partial charge in [0.1, 0.15) is 0 Å². The lowest BCUT2D eigenvalue weighted by molar-refractivity contribution is 0.249. The van der Waals surface area contributed by atoms with E-state index in [1.54, 1.807) is 0 Å². The third kappa shape index (κ3) is 2.34. The average molecular weight is 290 g/mol. The van der Waals surface area contributed by atoms with E-state index in [0.29, 0.717) is 6.04 Å². The molecular weight excluding hydrogens is 268 g/mol. The smallest absolute Gasteiger partial charge is 0.0459 e. The van der Waals surface area contributed by atoms with Gasteiger partial charge in [0, 0.05) is 29.2 Å². The number of hydrogen-bond donors (Lipinski definition) is 1. The molecule has 1 aromatic heterocycles.